The van der Waals surface area contributed by atoms with Gasteiger partial charge in [0, 0.05) is 19.3 Å². The highest BCUT2D eigenvalue weighted by molar-refractivity contribution is 5.53. The molecule has 1 fully saturated rings. The Morgan fingerprint density at radius 2 is 2.00 bits per heavy atom. The average Bonchev–Trinajstić information content (AvgIpc) is 2.59. The molecule has 2 N–H and O–H groups in total. The molecule has 0 saturated carbocycles. The van der Waals surface area contributed by atoms with Crippen molar-refractivity contribution in [3.63, 3.8) is 0 Å². The van der Waals surface area contributed by atoms with E-state index < -0.39 is 12.2 Å². The quantitative estimate of drug-likeness (QED) is 0.798. The highest BCUT2D eigenvalue weighted by atomic mass is 16.5. The number of aliphatic hydroxyl groups excluding tert-OH is 2. The predicted octanol–water partition coefficient (Wildman–Crippen LogP) is 0.411. The number of β-amino-alcohol motifs (C(OH)–C–C–N with tert-alkyl or cyclic N) is 2. The van der Waals surface area contributed by atoms with Crippen LogP contribution in [-0.4, -0.2) is 46.6 Å². The normalized spacial score (nSPS) is 24.4. The van der Waals surface area contributed by atoms with Crippen LogP contribution in [0.4, 0.5) is 5.82 Å². The first-order valence-electron chi connectivity index (χ1n) is 5.80. The highest BCUT2D eigenvalue weighted by Crippen LogP contribution is 2.29. The van der Waals surface area contributed by atoms with E-state index in [0.717, 1.165) is 0 Å². The van der Waals surface area contributed by atoms with Gasteiger partial charge in [0.05, 0.1) is 18.3 Å². The van der Waals surface area contributed by atoms with Crippen molar-refractivity contribution >= 4 is 5.82 Å². The third-order valence-electron chi connectivity index (χ3n) is 2.67. The van der Waals surface area contributed by atoms with Gasteiger partial charge in [-0.25, -0.2) is 4.98 Å². The lowest BCUT2D eigenvalue weighted by Gasteiger charge is -2.21. The van der Waals surface area contributed by atoms with E-state index in [-0.39, 0.29) is 6.10 Å². The summed E-state index contributed by atoms with van der Waals surface area (Å²) in [6.45, 7) is 4.66. The van der Waals surface area contributed by atoms with Gasteiger partial charge in [0.25, 0.3) is 0 Å². The van der Waals surface area contributed by atoms with Crippen LogP contribution in [0.1, 0.15) is 13.8 Å². The van der Waals surface area contributed by atoms with Crippen molar-refractivity contribution in [3.05, 3.63) is 18.3 Å². The van der Waals surface area contributed by atoms with E-state index in [1.807, 2.05) is 30.9 Å². The third-order valence-corrected chi connectivity index (χ3v) is 2.67. The second kappa shape index (κ2) is 4.89. The standard InChI is InChI=1S/C12H18N2O3/c1-8(2)17-11-4-3-5-13-12(11)14-6-9(15)10(16)7-14/h3-5,8-10,15-16H,6-7H2,1-2H3. The zero-order chi connectivity index (χ0) is 12.4. The third kappa shape index (κ3) is 2.68. The summed E-state index contributed by atoms with van der Waals surface area (Å²) in [5.74, 6) is 1.36. The highest BCUT2D eigenvalue weighted by Gasteiger charge is 2.31. The van der Waals surface area contributed by atoms with Crippen LogP contribution in [0.3, 0.4) is 0 Å². The summed E-state index contributed by atoms with van der Waals surface area (Å²) in [6.07, 6.45) is 0.308. The molecule has 1 aliphatic rings. The van der Waals surface area contributed by atoms with Gasteiger partial charge in [0.2, 0.25) is 0 Å². The fraction of sp³-hybridized carbons (Fsp3) is 0.583. The van der Waals surface area contributed by atoms with Crippen molar-refractivity contribution in [1.82, 2.24) is 4.98 Å². The summed E-state index contributed by atoms with van der Waals surface area (Å²) in [6, 6.07) is 3.66. The smallest absolute Gasteiger partial charge is 0.171 e. The molecule has 1 aromatic heterocycles. The zero-order valence-corrected chi connectivity index (χ0v) is 10.1. The Morgan fingerprint density at radius 3 is 2.59 bits per heavy atom. The van der Waals surface area contributed by atoms with Crippen LogP contribution < -0.4 is 9.64 Å². The maximum absolute atomic E-state index is 9.54. The molecule has 0 spiro atoms. The van der Waals surface area contributed by atoms with Crippen molar-refractivity contribution in [2.24, 2.45) is 0 Å². The number of pyridine rings is 1. The number of aromatic nitrogens is 1. The minimum Gasteiger partial charge on any atom is -0.487 e. The van der Waals surface area contributed by atoms with Gasteiger partial charge in [-0.05, 0) is 26.0 Å². The van der Waals surface area contributed by atoms with Gasteiger partial charge in [-0.15, -0.1) is 0 Å². The largest absolute Gasteiger partial charge is 0.487 e. The van der Waals surface area contributed by atoms with Crippen LogP contribution >= 0.6 is 0 Å². The topological polar surface area (TPSA) is 65.8 Å². The molecule has 1 saturated heterocycles. The first kappa shape index (κ1) is 12.1. The molecular weight excluding hydrogens is 220 g/mol. The predicted molar refractivity (Wildman–Crippen MR) is 64.2 cm³/mol. The lowest BCUT2D eigenvalue weighted by atomic mass is 10.3. The first-order chi connectivity index (χ1) is 8.08. The van der Waals surface area contributed by atoms with Crippen LogP contribution in [0.2, 0.25) is 0 Å². The lowest BCUT2D eigenvalue weighted by molar-refractivity contribution is 0.0572. The lowest BCUT2D eigenvalue weighted by Crippen LogP contribution is -2.23. The Kier molecular flexibility index (Phi) is 3.49. The molecule has 2 atom stereocenters. The van der Waals surface area contributed by atoms with E-state index in [4.69, 9.17) is 4.74 Å². The second-order valence-electron chi connectivity index (χ2n) is 4.53. The number of ether oxygens (including phenoxy) is 1. The molecule has 5 nitrogen and oxygen atoms in total. The Bertz CT molecular complexity index is 374. The van der Waals surface area contributed by atoms with E-state index in [1.54, 1.807) is 6.20 Å². The minimum absolute atomic E-state index is 0.0652. The molecular formula is C12H18N2O3. The average molecular weight is 238 g/mol. The molecule has 0 radical (unpaired) electrons. The molecule has 2 heterocycles. The molecule has 0 aliphatic carbocycles. The van der Waals surface area contributed by atoms with E-state index in [0.29, 0.717) is 24.7 Å². The molecule has 0 aromatic carbocycles. The van der Waals surface area contributed by atoms with Crippen molar-refractivity contribution in [2.45, 2.75) is 32.2 Å². The zero-order valence-electron chi connectivity index (χ0n) is 10.1. The molecule has 17 heavy (non-hydrogen) atoms. The number of aliphatic hydroxyl groups is 2. The summed E-state index contributed by atoms with van der Waals surface area (Å²) in [7, 11) is 0. The fourth-order valence-electron chi connectivity index (χ4n) is 1.91. The van der Waals surface area contributed by atoms with E-state index in [1.165, 1.54) is 0 Å². The summed E-state index contributed by atoms with van der Waals surface area (Å²) >= 11 is 0. The van der Waals surface area contributed by atoms with Gasteiger partial charge in [-0.1, -0.05) is 0 Å². The van der Waals surface area contributed by atoms with Gasteiger partial charge < -0.3 is 19.8 Å². The van der Waals surface area contributed by atoms with Crippen LogP contribution in [0, 0.1) is 0 Å². The molecule has 1 aliphatic heterocycles. The van der Waals surface area contributed by atoms with Crippen molar-refractivity contribution in [3.8, 4) is 5.75 Å². The SMILES string of the molecule is CC(C)Oc1cccnc1N1CC(O)C(O)C1. The number of rotatable bonds is 3. The summed E-state index contributed by atoms with van der Waals surface area (Å²) in [5, 5.41) is 19.1. The molecule has 0 bridgehead atoms. The fourth-order valence-corrected chi connectivity index (χ4v) is 1.91. The Labute approximate surface area is 101 Å². The molecule has 0 amide bonds. The summed E-state index contributed by atoms with van der Waals surface area (Å²) in [4.78, 5) is 6.10. The van der Waals surface area contributed by atoms with Gasteiger partial charge in [0.15, 0.2) is 11.6 Å². The molecule has 1 aromatic rings. The minimum atomic E-state index is -0.719. The van der Waals surface area contributed by atoms with Crippen LogP contribution in [-0.2, 0) is 0 Å². The molecule has 5 heteroatoms. The Balaban J connectivity index is 2.20. The molecule has 2 unspecified atom stereocenters. The monoisotopic (exact) mass is 238 g/mol. The van der Waals surface area contributed by atoms with Gasteiger partial charge >= 0.3 is 0 Å². The Hall–Kier alpha value is -1.33. The Morgan fingerprint density at radius 1 is 1.35 bits per heavy atom. The molecule has 2 rings (SSSR count). The second-order valence-corrected chi connectivity index (χ2v) is 4.53. The maximum atomic E-state index is 9.54. The van der Waals surface area contributed by atoms with Gasteiger partial charge in [-0.2, -0.15) is 0 Å². The number of anilines is 1. The van der Waals surface area contributed by atoms with Crippen LogP contribution in [0.5, 0.6) is 5.75 Å². The van der Waals surface area contributed by atoms with E-state index >= 15 is 0 Å². The van der Waals surface area contributed by atoms with E-state index in [2.05, 4.69) is 4.98 Å². The summed E-state index contributed by atoms with van der Waals surface area (Å²) < 4.78 is 5.66. The molecule has 94 valence electrons. The number of hydrogen-bond acceptors (Lipinski definition) is 5. The van der Waals surface area contributed by atoms with Crippen molar-refractivity contribution < 1.29 is 14.9 Å². The van der Waals surface area contributed by atoms with Crippen LogP contribution in [0.15, 0.2) is 18.3 Å². The van der Waals surface area contributed by atoms with Crippen molar-refractivity contribution in [1.29, 1.82) is 0 Å². The number of hydrogen-bond donors (Lipinski definition) is 2. The number of nitrogens with zero attached hydrogens (tertiary/aromatic N) is 2. The first-order valence-corrected chi connectivity index (χ1v) is 5.80. The van der Waals surface area contributed by atoms with Crippen LogP contribution in [0.25, 0.3) is 0 Å². The van der Waals surface area contributed by atoms with Crippen molar-refractivity contribution in [2.75, 3.05) is 18.0 Å². The van der Waals surface area contributed by atoms with E-state index in [9.17, 15) is 10.2 Å². The summed E-state index contributed by atoms with van der Waals surface area (Å²) in [5.41, 5.74) is 0. The maximum Gasteiger partial charge on any atom is 0.171 e. The van der Waals surface area contributed by atoms with Gasteiger partial charge in [0.1, 0.15) is 0 Å². The van der Waals surface area contributed by atoms with Gasteiger partial charge in [-0.3, -0.25) is 0 Å².